The first-order chi connectivity index (χ1) is 16.3. The van der Waals surface area contributed by atoms with Crippen molar-refractivity contribution in [2.75, 3.05) is 12.4 Å². The van der Waals surface area contributed by atoms with Gasteiger partial charge in [0.25, 0.3) is 11.4 Å². The predicted molar refractivity (Wildman–Crippen MR) is 123 cm³/mol. The second-order valence-corrected chi connectivity index (χ2v) is 8.28. The van der Waals surface area contributed by atoms with Crippen LogP contribution in [0.25, 0.3) is 22.8 Å². The first-order valence-electron chi connectivity index (χ1n) is 10.0. The molecule has 0 radical (unpaired) electrons. The summed E-state index contributed by atoms with van der Waals surface area (Å²) in [7, 11) is 1.25. The van der Waals surface area contributed by atoms with Crippen LogP contribution in [-0.2, 0) is 16.1 Å². The molecule has 3 aromatic heterocycles. The van der Waals surface area contributed by atoms with Crippen LogP contribution in [0.4, 0.5) is 10.1 Å². The molecule has 1 aromatic carbocycles. The number of hydrogen-bond donors (Lipinski definition) is 1. The molecule has 0 aliphatic carbocycles. The maximum absolute atomic E-state index is 13.3. The van der Waals surface area contributed by atoms with Crippen molar-refractivity contribution in [2.45, 2.75) is 20.4 Å². The highest BCUT2D eigenvalue weighted by Gasteiger charge is 2.21. The van der Waals surface area contributed by atoms with Crippen LogP contribution in [0.15, 0.2) is 51.1 Å². The lowest BCUT2D eigenvalue weighted by molar-refractivity contribution is -0.116. The number of carbonyl (C=O) groups is 2. The summed E-state index contributed by atoms with van der Waals surface area (Å²) in [5, 5.41) is 8.19. The number of nitrogens with zero attached hydrogens (tertiary/aromatic N) is 3. The lowest BCUT2D eigenvalue weighted by Gasteiger charge is -2.13. The molecule has 4 aromatic rings. The average molecular weight is 482 g/mol. The standard InChI is InChI=1S/C23H19FN4O5S/c1-12-10-13(2)28(11-17(29)25-16-8-9-34-19(16)23(31)32-3)22(30)18(12)21-26-20(27-33-21)14-4-6-15(24)7-5-14/h4-10H,11H2,1-3H3,(H,25,29). The number of benzene rings is 1. The van der Waals surface area contributed by atoms with E-state index >= 15 is 0 Å². The number of aryl methyl sites for hydroxylation is 2. The first-order valence-corrected chi connectivity index (χ1v) is 10.9. The fourth-order valence-corrected chi connectivity index (χ4v) is 4.18. The quantitative estimate of drug-likeness (QED) is 0.416. The number of ether oxygens (including phenoxy) is 1. The summed E-state index contributed by atoms with van der Waals surface area (Å²) >= 11 is 1.13. The highest BCUT2D eigenvalue weighted by atomic mass is 32.1. The first kappa shape index (κ1) is 23.1. The Labute approximate surface area is 196 Å². The van der Waals surface area contributed by atoms with E-state index in [1.165, 1.54) is 35.9 Å². The molecule has 4 rings (SSSR count). The fraction of sp³-hybridized carbons (Fsp3) is 0.174. The zero-order chi connectivity index (χ0) is 24.4. The maximum Gasteiger partial charge on any atom is 0.350 e. The minimum Gasteiger partial charge on any atom is -0.465 e. The Morgan fingerprint density at radius 3 is 2.65 bits per heavy atom. The van der Waals surface area contributed by atoms with Gasteiger partial charge < -0.3 is 19.1 Å². The second kappa shape index (κ2) is 9.40. The molecular weight excluding hydrogens is 463 g/mol. The molecule has 0 fully saturated rings. The molecule has 0 saturated carbocycles. The van der Waals surface area contributed by atoms with E-state index in [2.05, 4.69) is 15.5 Å². The zero-order valence-corrected chi connectivity index (χ0v) is 19.2. The van der Waals surface area contributed by atoms with Crippen LogP contribution in [0.5, 0.6) is 0 Å². The van der Waals surface area contributed by atoms with Crippen molar-refractivity contribution in [2.24, 2.45) is 0 Å². The SMILES string of the molecule is COC(=O)c1sccc1NC(=O)Cn1c(C)cc(C)c(-c2nc(-c3ccc(F)cc3)no2)c1=O. The van der Waals surface area contributed by atoms with Gasteiger partial charge in [-0.1, -0.05) is 5.16 Å². The van der Waals surface area contributed by atoms with Gasteiger partial charge in [0.1, 0.15) is 22.8 Å². The molecule has 0 saturated heterocycles. The largest absolute Gasteiger partial charge is 0.465 e. The Bertz CT molecular complexity index is 1440. The van der Waals surface area contributed by atoms with Crippen LogP contribution in [-0.4, -0.2) is 33.7 Å². The minimum atomic E-state index is -0.565. The summed E-state index contributed by atoms with van der Waals surface area (Å²) in [6.07, 6.45) is 0. The van der Waals surface area contributed by atoms with Crippen molar-refractivity contribution in [1.29, 1.82) is 0 Å². The number of anilines is 1. The Hall–Kier alpha value is -4.12. The van der Waals surface area contributed by atoms with Gasteiger partial charge in [-0.05, 0) is 61.2 Å². The summed E-state index contributed by atoms with van der Waals surface area (Å²) in [6, 6.07) is 8.86. The van der Waals surface area contributed by atoms with Gasteiger partial charge in [-0.3, -0.25) is 9.59 Å². The van der Waals surface area contributed by atoms with Crippen LogP contribution >= 0.6 is 11.3 Å². The van der Waals surface area contributed by atoms with Gasteiger partial charge in [0.15, 0.2) is 0 Å². The van der Waals surface area contributed by atoms with Crippen LogP contribution in [0.1, 0.15) is 20.9 Å². The van der Waals surface area contributed by atoms with Crippen LogP contribution in [0, 0.1) is 19.7 Å². The lowest BCUT2D eigenvalue weighted by atomic mass is 10.1. The van der Waals surface area contributed by atoms with E-state index in [0.29, 0.717) is 22.5 Å². The number of nitrogens with one attached hydrogen (secondary N) is 1. The number of hydrogen-bond acceptors (Lipinski definition) is 8. The van der Waals surface area contributed by atoms with E-state index in [-0.39, 0.29) is 28.7 Å². The summed E-state index contributed by atoms with van der Waals surface area (Å²) in [5.74, 6) is -1.27. The summed E-state index contributed by atoms with van der Waals surface area (Å²) in [6.45, 7) is 3.13. The molecule has 0 bridgehead atoms. The molecule has 11 heteroatoms. The third-order valence-electron chi connectivity index (χ3n) is 5.06. The summed E-state index contributed by atoms with van der Waals surface area (Å²) in [5.41, 5.74) is 1.65. The number of thiophene rings is 1. The number of methoxy groups -OCH3 is 1. The van der Waals surface area contributed by atoms with Crippen molar-refractivity contribution >= 4 is 28.9 Å². The van der Waals surface area contributed by atoms with Gasteiger partial charge >= 0.3 is 5.97 Å². The van der Waals surface area contributed by atoms with E-state index in [4.69, 9.17) is 9.26 Å². The molecular formula is C23H19FN4O5S. The van der Waals surface area contributed by atoms with Gasteiger partial charge in [0.2, 0.25) is 11.7 Å². The Balaban J connectivity index is 1.63. The molecule has 0 unspecified atom stereocenters. The van der Waals surface area contributed by atoms with Crippen LogP contribution in [0.2, 0.25) is 0 Å². The van der Waals surface area contributed by atoms with Gasteiger partial charge in [0, 0.05) is 11.3 Å². The summed E-state index contributed by atoms with van der Waals surface area (Å²) < 4.78 is 24.5. The molecule has 0 spiro atoms. The Kier molecular flexibility index (Phi) is 6.37. The maximum atomic E-state index is 13.3. The molecule has 9 nitrogen and oxygen atoms in total. The molecule has 174 valence electrons. The number of rotatable bonds is 6. The zero-order valence-electron chi connectivity index (χ0n) is 18.4. The van der Waals surface area contributed by atoms with E-state index in [1.807, 2.05) is 0 Å². The monoisotopic (exact) mass is 482 g/mol. The van der Waals surface area contributed by atoms with Crippen LogP contribution in [0.3, 0.4) is 0 Å². The molecule has 3 heterocycles. The number of esters is 1. The van der Waals surface area contributed by atoms with Gasteiger partial charge in [-0.25, -0.2) is 9.18 Å². The third kappa shape index (κ3) is 4.50. The van der Waals surface area contributed by atoms with Gasteiger partial charge in [-0.15, -0.1) is 11.3 Å². The van der Waals surface area contributed by atoms with E-state index in [9.17, 15) is 18.8 Å². The van der Waals surface area contributed by atoms with E-state index in [1.54, 1.807) is 31.4 Å². The van der Waals surface area contributed by atoms with Crippen molar-refractivity contribution < 1.29 is 23.2 Å². The molecule has 1 amide bonds. The average Bonchev–Trinajstić information content (AvgIpc) is 3.46. The number of pyridine rings is 1. The molecule has 34 heavy (non-hydrogen) atoms. The van der Waals surface area contributed by atoms with Gasteiger partial charge in [-0.2, -0.15) is 4.98 Å². The Morgan fingerprint density at radius 1 is 1.21 bits per heavy atom. The second-order valence-electron chi connectivity index (χ2n) is 7.37. The third-order valence-corrected chi connectivity index (χ3v) is 5.95. The van der Waals surface area contributed by atoms with Gasteiger partial charge in [0.05, 0.1) is 12.8 Å². The lowest BCUT2D eigenvalue weighted by Crippen LogP contribution is -2.31. The van der Waals surface area contributed by atoms with E-state index in [0.717, 1.165) is 11.3 Å². The normalized spacial score (nSPS) is 10.8. The smallest absolute Gasteiger partial charge is 0.350 e. The minimum absolute atomic E-state index is 0.0122. The molecule has 0 atom stereocenters. The van der Waals surface area contributed by atoms with E-state index < -0.39 is 23.3 Å². The van der Waals surface area contributed by atoms with Crippen molar-refractivity contribution in [3.8, 4) is 22.8 Å². The molecule has 0 aliphatic heterocycles. The number of halogens is 1. The number of aromatic nitrogens is 3. The van der Waals surface area contributed by atoms with Crippen LogP contribution < -0.4 is 10.9 Å². The van der Waals surface area contributed by atoms with Crippen molar-refractivity contribution in [3.63, 3.8) is 0 Å². The van der Waals surface area contributed by atoms with Crippen molar-refractivity contribution in [3.05, 3.63) is 74.1 Å². The topological polar surface area (TPSA) is 116 Å². The number of carbonyl (C=O) groups excluding carboxylic acids is 2. The number of amides is 1. The predicted octanol–water partition coefficient (Wildman–Crippen LogP) is 3.81. The molecule has 0 aliphatic rings. The highest BCUT2D eigenvalue weighted by Crippen LogP contribution is 2.25. The fourth-order valence-electron chi connectivity index (χ4n) is 3.42. The highest BCUT2D eigenvalue weighted by molar-refractivity contribution is 7.12. The molecule has 1 N–H and O–H groups in total. The van der Waals surface area contributed by atoms with Crippen molar-refractivity contribution in [1.82, 2.24) is 14.7 Å². The summed E-state index contributed by atoms with van der Waals surface area (Å²) in [4.78, 5) is 42.4. The Morgan fingerprint density at radius 2 is 1.94 bits per heavy atom.